The average molecular weight is 312 g/mol. The molecule has 2 heterocycles. The zero-order valence-corrected chi connectivity index (χ0v) is 12.0. The summed E-state index contributed by atoms with van der Waals surface area (Å²) in [5.74, 6) is -0.404. The van der Waals surface area contributed by atoms with Gasteiger partial charge in [-0.2, -0.15) is 8.75 Å². The van der Waals surface area contributed by atoms with Gasteiger partial charge >= 0.3 is 0 Å². The molecule has 0 amide bonds. The van der Waals surface area contributed by atoms with Crippen LogP contribution in [0, 0.1) is 5.82 Å². The molecule has 22 heavy (non-hydrogen) atoms. The first-order valence-electron chi connectivity index (χ1n) is 6.56. The summed E-state index contributed by atoms with van der Waals surface area (Å²) in [6.45, 7) is 0.382. The number of hydrogen-bond acceptors (Lipinski definition) is 5. The molecular weight excluding hydrogens is 303 g/mol. The zero-order valence-electron chi connectivity index (χ0n) is 11.2. The topological polar surface area (TPSA) is 60.7 Å². The van der Waals surface area contributed by atoms with Crippen molar-refractivity contribution in [3.05, 3.63) is 64.5 Å². The van der Waals surface area contributed by atoms with E-state index in [1.54, 1.807) is 0 Å². The van der Waals surface area contributed by atoms with Crippen LogP contribution in [0.2, 0.25) is 0 Å². The van der Waals surface area contributed by atoms with E-state index in [1.165, 1.54) is 29.1 Å². The van der Waals surface area contributed by atoms with Crippen LogP contribution in [0.3, 0.4) is 0 Å². The van der Waals surface area contributed by atoms with Gasteiger partial charge in [-0.15, -0.1) is 0 Å². The van der Waals surface area contributed by atoms with Gasteiger partial charge in [-0.3, -0.25) is 9.36 Å². The Bertz CT molecular complexity index is 1060. The van der Waals surface area contributed by atoms with Crippen LogP contribution in [-0.2, 0) is 6.54 Å². The molecule has 0 fully saturated rings. The van der Waals surface area contributed by atoms with Crippen LogP contribution in [0.4, 0.5) is 4.39 Å². The van der Waals surface area contributed by atoms with Crippen LogP contribution in [0.25, 0.3) is 21.9 Å². The lowest BCUT2D eigenvalue weighted by Gasteiger charge is -2.06. The van der Waals surface area contributed by atoms with Gasteiger partial charge in [-0.25, -0.2) is 9.37 Å². The van der Waals surface area contributed by atoms with Gasteiger partial charge in [-0.05, 0) is 29.8 Å². The molecule has 4 aromatic rings. The molecule has 0 unspecified atom stereocenters. The summed E-state index contributed by atoms with van der Waals surface area (Å²) >= 11 is 1.16. The predicted molar refractivity (Wildman–Crippen MR) is 82.5 cm³/mol. The molecule has 0 aliphatic heterocycles. The lowest BCUT2D eigenvalue weighted by molar-refractivity contribution is 0.629. The molecule has 2 aromatic heterocycles. The van der Waals surface area contributed by atoms with Gasteiger partial charge in [0.1, 0.15) is 16.9 Å². The molecule has 0 bridgehead atoms. The molecule has 0 atom stereocenters. The second-order valence-electron chi connectivity index (χ2n) is 4.93. The molecule has 0 saturated carbocycles. The lowest BCUT2D eigenvalue weighted by Crippen LogP contribution is -2.21. The van der Waals surface area contributed by atoms with Gasteiger partial charge in [0, 0.05) is 6.07 Å². The van der Waals surface area contributed by atoms with E-state index in [1.807, 2.05) is 18.2 Å². The Morgan fingerprint density at radius 2 is 1.91 bits per heavy atom. The Morgan fingerprint density at radius 3 is 2.82 bits per heavy atom. The van der Waals surface area contributed by atoms with E-state index in [-0.39, 0.29) is 5.56 Å². The van der Waals surface area contributed by atoms with E-state index >= 15 is 0 Å². The number of nitrogens with zero attached hydrogens (tertiary/aromatic N) is 4. The molecule has 0 aliphatic carbocycles. The van der Waals surface area contributed by atoms with E-state index in [0.717, 1.165) is 28.3 Å². The van der Waals surface area contributed by atoms with Gasteiger partial charge in [0.05, 0.1) is 35.5 Å². The monoisotopic (exact) mass is 312 g/mol. The highest BCUT2D eigenvalue weighted by atomic mass is 32.1. The van der Waals surface area contributed by atoms with Crippen molar-refractivity contribution in [2.45, 2.75) is 6.54 Å². The third-order valence-electron chi connectivity index (χ3n) is 3.46. The predicted octanol–water partition coefficient (Wildman–Crippen LogP) is 2.59. The summed E-state index contributed by atoms with van der Waals surface area (Å²) in [5, 5.41) is 0.403. The summed E-state index contributed by atoms with van der Waals surface area (Å²) in [5.41, 5.74) is 2.76. The molecule has 0 spiro atoms. The summed E-state index contributed by atoms with van der Waals surface area (Å²) in [6, 6.07) is 9.68. The SMILES string of the molecule is O=c1c2ccc(F)cc2ncn1Cc1ccc2nsnc2c1. The molecule has 5 nitrogen and oxygen atoms in total. The highest BCUT2D eigenvalue weighted by Gasteiger charge is 2.07. The first kappa shape index (κ1) is 13.0. The summed E-state index contributed by atoms with van der Waals surface area (Å²) < 4.78 is 23.0. The van der Waals surface area contributed by atoms with Crippen molar-refractivity contribution in [1.82, 2.24) is 18.3 Å². The molecule has 0 N–H and O–H groups in total. The Morgan fingerprint density at radius 1 is 1.05 bits per heavy atom. The minimum Gasteiger partial charge on any atom is -0.294 e. The van der Waals surface area contributed by atoms with E-state index in [0.29, 0.717) is 17.4 Å². The molecule has 0 radical (unpaired) electrons. The molecule has 2 aromatic carbocycles. The van der Waals surface area contributed by atoms with Crippen LogP contribution in [0.15, 0.2) is 47.5 Å². The van der Waals surface area contributed by atoms with Gasteiger partial charge < -0.3 is 0 Å². The molecule has 108 valence electrons. The third-order valence-corrected chi connectivity index (χ3v) is 4.02. The second kappa shape index (κ2) is 4.96. The van der Waals surface area contributed by atoms with Crippen LogP contribution in [-0.4, -0.2) is 18.3 Å². The van der Waals surface area contributed by atoms with Crippen molar-refractivity contribution in [1.29, 1.82) is 0 Å². The van der Waals surface area contributed by atoms with Gasteiger partial charge in [-0.1, -0.05) is 6.07 Å². The average Bonchev–Trinajstić information content (AvgIpc) is 2.97. The maximum atomic E-state index is 13.2. The number of hydrogen-bond donors (Lipinski definition) is 0. The van der Waals surface area contributed by atoms with Crippen molar-refractivity contribution >= 4 is 33.7 Å². The highest BCUT2D eigenvalue weighted by molar-refractivity contribution is 7.00. The molecular formula is C15H9FN4OS. The fraction of sp³-hybridized carbons (Fsp3) is 0.0667. The Hall–Kier alpha value is -2.67. The normalized spacial score (nSPS) is 11.3. The number of rotatable bonds is 2. The molecule has 7 heteroatoms. The number of aromatic nitrogens is 4. The van der Waals surface area contributed by atoms with E-state index < -0.39 is 5.82 Å². The quantitative estimate of drug-likeness (QED) is 0.571. The number of benzene rings is 2. The van der Waals surface area contributed by atoms with E-state index in [2.05, 4.69) is 13.7 Å². The minimum atomic E-state index is -0.404. The molecule has 0 aliphatic rings. The zero-order chi connectivity index (χ0) is 15.1. The van der Waals surface area contributed by atoms with Gasteiger partial charge in [0.15, 0.2) is 0 Å². The maximum Gasteiger partial charge on any atom is 0.261 e. The second-order valence-corrected chi connectivity index (χ2v) is 5.45. The standard InChI is InChI=1S/C15H9FN4OS/c16-10-2-3-11-13(6-10)17-8-20(15(11)21)7-9-1-4-12-14(5-9)19-22-18-12/h1-6,8H,7H2. The Labute approximate surface area is 128 Å². The van der Waals surface area contributed by atoms with Crippen molar-refractivity contribution in [2.75, 3.05) is 0 Å². The van der Waals surface area contributed by atoms with Crippen molar-refractivity contribution in [2.24, 2.45) is 0 Å². The van der Waals surface area contributed by atoms with E-state index in [9.17, 15) is 9.18 Å². The third kappa shape index (κ3) is 2.15. The van der Waals surface area contributed by atoms with Gasteiger partial charge in [0.2, 0.25) is 0 Å². The van der Waals surface area contributed by atoms with Crippen LogP contribution in [0.5, 0.6) is 0 Å². The molecule has 0 saturated heterocycles. The lowest BCUT2D eigenvalue weighted by atomic mass is 10.2. The number of halogens is 1. The fourth-order valence-corrected chi connectivity index (χ4v) is 2.88. The maximum absolute atomic E-state index is 13.2. The molecule has 4 rings (SSSR count). The van der Waals surface area contributed by atoms with Crippen LogP contribution < -0.4 is 5.56 Å². The highest BCUT2D eigenvalue weighted by Crippen LogP contribution is 2.14. The smallest absolute Gasteiger partial charge is 0.261 e. The minimum absolute atomic E-state index is 0.193. The van der Waals surface area contributed by atoms with E-state index in [4.69, 9.17) is 0 Å². The van der Waals surface area contributed by atoms with Crippen LogP contribution >= 0.6 is 11.7 Å². The first-order valence-corrected chi connectivity index (χ1v) is 7.30. The largest absolute Gasteiger partial charge is 0.294 e. The summed E-state index contributed by atoms with van der Waals surface area (Å²) in [4.78, 5) is 16.6. The van der Waals surface area contributed by atoms with Crippen molar-refractivity contribution in [3.63, 3.8) is 0 Å². The summed E-state index contributed by atoms with van der Waals surface area (Å²) in [7, 11) is 0. The van der Waals surface area contributed by atoms with Crippen molar-refractivity contribution < 1.29 is 4.39 Å². The summed E-state index contributed by atoms with van der Waals surface area (Å²) in [6.07, 6.45) is 1.44. The van der Waals surface area contributed by atoms with Crippen molar-refractivity contribution in [3.8, 4) is 0 Å². The number of fused-ring (bicyclic) bond motifs is 2. The van der Waals surface area contributed by atoms with Gasteiger partial charge in [0.25, 0.3) is 5.56 Å². The Kier molecular flexibility index (Phi) is 2.93. The first-order chi connectivity index (χ1) is 10.7. The van der Waals surface area contributed by atoms with Crippen LogP contribution in [0.1, 0.15) is 5.56 Å². The Balaban J connectivity index is 1.79. The fourth-order valence-electron chi connectivity index (χ4n) is 2.37.